The zero-order valence-corrected chi connectivity index (χ0v) is 11.9. The van der Waals surface area contributed by atoms with Crippen molar-refractivity contribution in [2.75, 3.05) is 13.2 Å². The highest BCUT2D eigenvalue weighted by Gasteiger charge is 2.20. The fourth-order valence-corrected chi connectivity index (χ4v) is 2.53. The molecule has 3 rings (SSSR count). The van der Waals surface area contributed by atoms with Crippen molar-refractivity contribution in [2.45, 2.75) is 13.8 Å². The number of fused-ring (bicyclic) bond motifs is 1. The van der Waals surface area contributed by atoms with Crippen LogP contribution in [-0.4, -0.2) is 19.0 Å². The van der Waals surface area contributed by atoms with Gasteiger partial charge in [-0.15, -0.1) is 0 Å². The average molecular weight is 286 g/mol. The summed E-state index contributed by atoms with van der Waals surface area (Å²) in [5.74, 6) is 0.297. The van der Waals surface area contributed by atoms with E-state index >= 15 is 0 Å². The summed E-state index contributed by atoms with van der Waals surface area (Å²) in [5, 5.41) is 0. The second kappa shape index (κ2) is 5.20. The molecule has 108 valence electrons. The Kier molecular flexibility index (Phi) is 3.37. The van der Waals surface area contributed by atoms with E-state index in [1.807, 2.05) is 0 Å². The maximum atomic E-state index is 14.1. The molecule has 0 unspecified atom stereocenters. The molecule has 2 aromatic rings. The number of ether oxygens (including phenoxy) is 2. The zero-order valence-electron chi connectivity index (χ0n) is 11.9. The van der Waals surface area contributed by atoms with Crippen LogP contribution < -0.4 is 9.47 Å². The van der Waals surface area contributed by atoms with Crippen LogP contribution in [0.1, 0.15) is 27.0 Å². The topological polar surface area (TPSA) is 35.5 Å². The lowest BCUT2D eigenvalue weighted by Crippen LogP contribution is -2.16. The molecule has 0 amide bonds. The van der Waals surface area contributed by atoms with Gasteiger partial charge in [-0.05, 0) is 49.2 Å². The lowest BCUT2D eigenvalue weighted by Gasteiger charge is -2.18. The summed E-state index contributed by atoms with van der Waals surface area (Å²) in [7, 11) is 0. The highest BCUT2D eigenvalue weighted by molar-refractivity contribution is 6.10. The largest absolute Gasteiger partial charge is 0.486 e. The number of rotatable bonds is 2. The molecule has 0 saturated heterocycles. The predicted molar refractivity (Wildman–Crippen MR) is 76.7 cm³/mol. The first-order valence-corrected chi connectivity index (χ1v) is 6.77. The van der Waals surface area contributed by atoms with Crippen LogP contribution >= 0.6 is 0 Å². The van der Waals surface area contributed by atoms with Crippen LogP contribution in [-0.2, 0) is 0 Å². The minimum Gasteiger partial charge on any atom is -0.486 e. The van der Waals surface area contributed by atoms with Crippen molar-refractivity contribution in [1.82, 2.24) is 0 Å². The standard InChI is InChI=1S/C17H15FO3/c1-10-7-11(2)16(13(18)8-10)17(19)12-3-4-14-15(9-12)21-6-5-20-14/h3-4,7-9H,5-6H2,1-2H3. The van der Waals surface area contributed by atoms with Crippen molar-refractivity contribution in [3.63, 3.8) is 0 Å². The Bertz CT molecular complexity index is 699. The van der Waals surface area contributed by atoms with Crippen LogP contribution in [0.4, 0.5) is 4.39 Å². The lowest BCUT2D eigenvalue weighted by molar-refractivity contribution is 0.103. The van der Waals surface area contributed by atoms with E-state index in [9.17, 15) is 9.18 Å². The third kappa shape index (κ3) is 2.49. The van der Waals surface area contributed by atoms with Crippen molar-refractivity contribution in [3.05, 3.63) is 58.4 Å². The summed E-state index contributed by atoms with van der Waals surface area (Å²) in [5.41, 5.74) is 1.93. The molecule has 0 bridgehead atoms. The van der Waals surface area contributed by atoms with Gasteiger partial charge in [0.2, 0.25) is 0 Å². The van der Waals surface area contributed by atoms with E-state index in [1.165, 1.54) is 6.07 Å². The van der Waals surface area contributed by atoms with Crippen molar-refractivity contribution in [2.24, 2.45) is 0 Å². The van der Waals surface area contributed by atoms with Gasteiger partial charge in [-0.1, -0.05) is 6.07 Å². The molecular formula is C17H15FO3. The van der Waals surface area contributed by atoms with Gasteiger partial charge in [-0.2, -0.15) is 0 Å². The summed E-state index contributed by atoms with van der Waals surface area (Å²) in [6.07, 6.45) is 0. The number of aryl methyl sites for hydroxylation is 2. The van der Waals surface area contributed by atoms with E-state index in [0.29, 0.717) is 35.8 Å². The van der Waals surface area contributed by atoms with Crippen molar-refractivity contribution in [1.29, 1.82) is 0 Å². The van der Waals surface area contributed by atoms with Crippen molar-refractivity contribution in [3.8, 4) is 11.5 Å². The Balaban J connectivity index is 2.03. The van der Waals surface area contributed by atoms with Crippen LogP contribution in [0.15, 0.2) is 30.3 Å². The van der Waals surface area contributed by atoms with Gasteiger partial charge in [0.25, 0.3) is 0 Å². The third-order valence-electron chi connectivity index (χ3n) is 3.46. The van der Waals surface area contributed by atoms with Crippen LogP contribution in [0.2, 0.25) is 0 Å². The van der Waals surface area contributed by atoms with E-state index in [2.05, 4.69) is 0 Å². The number of halogens is 1. The number of carbonyl (C=O) groups excluding carboxylic acids is 1. The van der Waals surface area contributed by atoms with Crippen molar-refractivity contribution < 1.29 is 18.7 Å². The van der Waals surface area contributed by atoms with Crippen LogP contribution in [0.5, 0.6) is 11.5 Å². The first-order valence-electron chi connectivity index (χ1n) is 6.77. The molecule has 0 fully saturated rings. The van der Waals surface area contributed by atoms with E-state index in [1.54, 1.807) is 38.1 Å². The molecule has 21 heavy (non-hydrogen) atoms. The molecule has 0 N–H and O–H groups in total. The van der Waals surface area contributed by atoms with E-state index in [4.69, 9.17) is 9.47 Å². The Morgan fingerprint density at radius 3 is 2.48 bits per heavy atom. The van der Waals surface area contributed by atoms with Gasteiger partial charge < -0.3 is 9.47 Å². The molecule has 4 heteroatoms. The summed E-state index contributed by atoms with van der Waals surface area (Å²) in [6.45, 7) is 4.48. The lowest BCUT2D eigenvalue weighted by atomic mass is 9.96. The fraction of sp³-hybridized carbons (Fsp3) is 0.235. The highest BCUT2D eigenvalue weighted by Crippen LogP contribution is 2.32. The number of hydrogen-bond acceptors (Lipinski definition) is 3. The SMILES string of the molecule is Cc1cc(C)c(C(=O)c2ccc3c(c2)OCCO3)c(F)c1. The molecule has 2 aromatic carbocycles. The molecule has 3 nitrogen and oxygen atoms in total. The van der Waals surface area contributed by atoms with Gasteiger partial charge in [-0.25, -0.2) is 4.39 Å². The van der Waals surface area contributed by atoms with Gasteiger partial charge in [0, 0.05) is 5.56 Å². The number of ketones is 1. The molecule has 1 aliphatic heterocycles. The van der Waals surface area contributed by atoms with Crippen LogP contribution in [0.3, 0.4) is 0 Å². The molecule has 0 spiro atoms. The van der Waals surface area contributed by atoms with E-state index in [0.717, 1.165) is 5.56 Å². The molecule has 0 radical (unpaired) electrons. The Morgan fingerprint density at radius 2 is 1.76 bits per heavy atom. The highest BCUT2D eigenvalue weighted by atomic mass is 19.1. The van der Waals surface area contributed by atoms with Gasteiger partial charge in [0.1, 0.15) is 19.0 Å². The molecular weight excluding hydrogens is 271 g/mol. The minimum absolute atomic E-state index is 0.109. The third-order valence-corrected chi connectivity index (χ3v) is 3.46. The van der Waals surface area contributed by atoms with Crippen LogP contribution in [0.25, 0.3) is 0 Å². The second-order valence-electron chi connectivity index (χ2n) is 5.13. The summed E-state index contributed by atoms with van der Waals surface area (Å²) in [4.78, 5) is 12.5. The van der Waals surface area contributed by atoms with Gasteiger partial charge in [-0.3, -0.25) is 4.79 Å². The van der Waals surface area contributed by atoms with Crippen LogP contribution in [0, 0.1) is 19.7 Å². The monoisotopic (exact) mass is 286 g/mol. The molecule has 1 heterocycles. The first kappa shape index (κ1) is 13.6. The fourth-order valence-electron chi connectivity index (χ4n) is 2.53. The zero-order chi connectivity index (χ0) is 15.0. The number of carbonyl (C=O) groups is 1. The Labute approximate surface area is 122 Å². The molecule has 1 aliphatic rings. The summed E-state index contributed by atoms with van der Waals surface area (Å²) >= 11 is 0. The maximum Gasteiger partial charge on any atom is 0.196 e. The summed E-state index contributed by atoms with van der Waals surface area (Å²) < 4.78 is 25.0. The van der Waals surface area contributed by atoms with E-state index < -0.39 is 5.82 Å². The smallest absolute Gasteiger partial charge is 0.196 e. The first-order chi connectivity index (χ1) is 10.1. The van der Waals surface area contributed by atoms with Gasteiger partial charge in [0.05, 0.1) is 5.56 Å². The molecule has 0 aromatic heterocycles. The molecule has 0 aliphatic carbocycles. The average Bonchev–Trinajstić information content (AvgIpc) is 2.45. The maximum absolute atomic E-state index is 14.1. The minimum atomic E-state index is -0.493. The predicted octanol–water partition coefficient (Wildman–Crippen LogP) is 3.44. The molecule has 0 atom stereocenters. The number of benzene rings is 2. The normalized spacial score (nSPS) is 13.1. The van der Waals surface area contributed by atoms with Gasteiger partial charge in [0.15, 0.2) is 17.3 Å². The van der Waals surface area contributed by atoms with E-state index in [-0.39, 0.29) is 11.3 Å². The summed E-state index contributed by atoms with van der Waals surface area (Å²) in [6, 6.07) is 8.10. The number of hydrogen-bond donors (Lipinski definition) is 0. The Morgan fingerprint density at radius 1 is 1.05 bits per heavy atom. The Hall–Kier alpha value is -2.36. The van der Waals surface area contributed by atoms with Gasteiger partial charge >= 0.3 is 0 Å². The second-order valence-corrected chi connectivity index (χ2v) is 5.13. The molecule has 0 saturated carbocycles. The quantitative estimate of drug-likeness (QED) is 0.793. The van der Waals surface area contributed by atoms with Crippen molar-refractivity contribution >= 4 is 5.78 Å².